The molecule has 0 bridgehead atoms. The van der Waals surface area contributed by atoms with E-state index in [-0.39, 0.29) is 11.9 Å². The zero-order valence-electron chi connectivity index (χ0n) is 9.17. The van der Waals surface area contributed by atoms with Gasteiger partial charge in [-0.05, 0) is 20.0 Å². The van der Waals surface area contributed by atoms with Gasteiger partial charge in [0.2, 0.25) is 0 Å². The van der Waals surface area contributed by atoms with E-state index >= 15 is 0 Å². The van der Waals surface area contributed by atoms with Crippen molar-refractivity contribution in [2.45, 2.75) is 26.7 Å². The largest absolute Gasteiger partial charge is 0.469 e. The molecule has 0 aliphatic heterocycles. The number of hydrogen-bond acceptors (Lipinski definition) is 3. The van der Waals surface area contributed by atoms with Gasteiger partial charge in [0.1, 0.15) is 0 Å². The lowest BCUT2D eigenvalue weighted by Gasteiger charge is -2.19. The van der Waals surface area contributed by atoms with Crippen LogP contribution in [0.5, 0.6) is 0 Å². The van der Waals surface area contributed by atoms with E-state index in [1.54, 1.807) is 0 Å². The molecular formula is C10H21NO2. The third-order valence-electron chi connectivity index (χ3n) is 2.08. The lowest BCUT2D eigenvalue weighted by atomic mass is 10.1. The average molecular weight is 187 g/mol. The van der Waals surface area contributed by atoms with Crippen molar-refractivity contribution >= 4 is 5.97 Å². The molecule has 13 heavy (non-hydrogen) atoms. The van der Waals surface area contributed by atoms with Crippen molar-refractivity contribution in [2.24, 2.45) is 5.92 Å². The molecule has 0 radical (unpaired) electrons. The molecule has 1 unspecified atom stereocenters. The molecule has 0 rings (SSSR count). The van der Waals surface area contributed by atoms with Gasteiger partial charge < -0.3 is 9.64 Å². The molecule has 0 fully saturated rings. The average Bonchev–Trinajstić information content (AvgIpc) is 2.13. The summed E-state index contributed by atoms with van der Waals surface area (Å²) in [4.78, 5) is 13.2. The third-order valence-corrected chi connectivity index (χ3v) is 2.08. The SMILES string of the molecule is CCCCN(C)CC(C)C(=O)OC. The molecule has 0 spiro atoms. The van der Waals surface area contributed by atoms with Crippen LogP contribution in [0.15, 0.2) is 0 Å². The standard InChI is InChI=1S/C10H21NO2/c1-5-6-7-11(3)8-9(2)10(12)13-4/h9H,5-8H2,1-4H3. The van der Waals surface area contributed by atoms with E-state index in [4.69, 9.17) is 0 Å². The fourth-order valence-electron chi connectivity index (χ4n) is 1.26. The number of hydrogen-bond donors (Lipinski definition) is 0. The molecule has 0 saturated heterocycles. The smallest absolute Gasteiger partial charge is 0.309 e. The minimum Gasteiger partial charge on any atom is -0.469 e. The minimum absolute atomic E-state index is 0.0214. The number of methoxy groups -OCH3 is 1. The van der Waals surface area contributed by atoms with Gasteiger partial charge in [0.25, 0.3) is 0 Å². The second kappa shape index (κ2) is 6.89. The Balaban J connectivity index is 3.64. The number of carbonyl (C=O) groups is 1. The van der Waals surface area contributed by atoms with E-state index in [1.165, 1.54) is 20.0 Å². The van der Waals surface area contributed by atoms with Crippen molar-refractivity contribution in [3.63, 3.8) is 0 Å². The molecule has 3 heteroatoms. The summed E-state index contributed by atoms with van der Waals surface area (Å²) in [6, 6.07) is 0. The van der Waals surface area contributed by atoms with Gasteiger partial charge in [-0.3, -0.25) is 4.79 Å². The van der Waals surface area contributed by atoms with Gasteiger partial charge in [0.05, 0.1) is 13.0 Å². The number of carbonyl (C=O) groups excluding carboxylic acids is 1. The molecule has 0 heterocycles. The molecular weight excluding hydrogens is 166 g/mol. The number of ether oxygens (including phenoxy) is 1. The first-order valence-electron chi connectivity index (χ1n) is 4.88. The molecule has 0 saturated carbocycles. The van der Waals surface area contributed by atoms with Gasteiger partial charge in [-0.2, -0.15) is 0 Å². The second-order valence-corrected chi connectivity index (χ2v) is 3.54. The van der Waals surface area contributed by atoms with Gasteiger partial charge in [0.15, 0.2) is 0 Å². The minimum atomic E-state index is -0.122. The zero-order valence-corrected chi connectivity index (χ0v) is 9.17. The highest BCUT2D eigenvalue weighted by molar-refractivity contribution is 5.71. The van der Waals surface area contributed by atoms with E-state index in [2.05, 4.69) is 16.6 Å². The predicted octanol–water partition coefficient (Wildman–Crippen LogP) is 1.53. The molecule has 78 valence electrons. The number of nitrogens with zero attached hydrogens (tertiary/aromatic N) is 1. The Labute approximate surface area is 81.1 Å². The normalized spacial score (nSPS) is 13.0. The monoisotopic (exact) mass is 187 g/mol. The van der Waals surface area contributed by atoms with Crippen LogP contribution >= 0.6 is 0 Å². The molecule has 0 aliphatic carbocycles. The molecule has 1 atom stereocenters. The van der Waals surface area contributed by atoms with Crippen LogP contribution in [0, 0.1) is 5.92 Å². The Kier molecular flexibility index (Phi) is 6.59. The Morgan fingerprint density at radius 3 is 2.62 bits per heavy atom. The molecule has 0 N–H and O–H groups in total. The van der Waals surface area contributed by atoms with Crippen molar-refractivity contribution in [1.29, 1.82) is 0 Å². The Bertz CT molecular complexity index is 148. The summed E-state index contributed by atoms with van der Waals surface area (Å²) in [5.74, 6) is -0.143. The van der Waals surface area contributed by atoms with Crippen LogP contribution < -0.4 is 0 Å². The zero-order chi connectivity index (χ0) is 10.3. The fourth-order valence-corrected chi connectivity index (χ4v) is 1.26. The van der Waals surface area contributed by atoms with Crippen LogP contribution in [0.2, 0.25) is 0 Å². The molecule has 0 aliphatic rings. The van der Waals surface area contributed by atoms with Crippen molar-refractivity contribution in [3.8, 4) is 0 Å². The first kappa shape index (κ1) is 12.4. The summed E-state index contributed by atoms with van der Waals surface area (Å²) in [5, 5.41) is 0. The Hall–Kier alpha value is -0.570. The first-order chi connectivity index (χ1) is 6.11. The second-order valence-electron chi connectivity index (χ2n) is 3.54. The van der Waals surface area contributed by atoms with Crippen molar-refractivity contribution in [3.05, 3.63) is 0 Å². The molecule has 0 amide bonds. The van der Waals surface area contributed by atoms with E-state index in [0.29, 0.717) is 0 Å². The van der Waals surface area contributed by atoms with Crippen molar-refractivity contribution in [1.82, 2.24) is 4.90 Å². The summed E-state index contributed by atoms with van der Waals surface area (Å²) in [6.07, 6.45) is 2.38. The van der Waals surface area contributed by atoms with E-state index < -0.39 is 0 Å². The van der Waals surface area contributed by atoms with Crippen LogP contribution in [-0.2, 0) is 9.53 Å². The van der Waals surface area contributed by atoms with Gasteiger partial charge in [-0.1, -0.05) is 20.3 Å². The van der Waals surface area contributed by atoms with Crippen LogP contribution in [0.1, 0.15) is 26.7 Å². The molecule has 0 aromatic heterocycles. The highest BCUT2D eigenvalue weighted by Crippen LogP contribution is 2.01. The van der Waals surface area contributed by atoms with Gasteiger partial charge in [-0.15, -0.1) is 0 Å². The summed E-state index contributed by atoms with van der Waals surface area (Å²) < 4.78 is 4.65. The molecule has 0 aromatic rings. The van der Waals surface area contributed by atoms with Crippen LogP contribution in [-0.4, -0.2) is 38.1 Å². The lowest BCUT2D eigenvalue weighted by Crippen LogP contribution is -2.30. The highest BCUT2D eigenvalue weighted by atomic mass is 16.5. The number of esters is 1. The lowest BCUT2D eigenvalue weighted by molar-refractivity contribution is -0.145. The Morgan fingerprint density at radius 1 is 1.54 bits per heavy atom. The van der Waals surface area contributed by atoms with Crippen molar-refractivity contribution in [2.75, 3.05) is 27.2 Å². The van der Waals surface area contributed by atoms with Gasteiger partial charge in [-0.25, -0.2) is 0 Å². The number of unbranched alkanes of at least 4 members (excludes halogenated alkanes) is 1. The highest BCUT2D eigenvalue weighted by Gasteiger charge is 2.14. The van der Waals surface area contributed by atoms with Crippen LogP contribution in [0.4, 0.5) is 0 Å². The maximum absolute atomic E-state index is 11.1. The quantitative estimate of drug-likeness (QED) is 0.591. The predicted molar refractivity (Wildman–Crippen MR) is 53.6 cm³/mol. The summed E-state index contributed by atoms with van der Waals surface area (Å²) >= 11 is 0. The maximum Gasteiger partial charge on any atom is 0.309 e. The van der Waals surface area contributed by atoms with Crippen LogP contribution in [0.3, 0.4) is 0 Å². The van der Waals surface area contributed by atoms with Crippen molar-refractivity contribution < 1.29 is 9.53 Å². The van der Waals surface area contributed by atoms with Gasteiger partial charge in [0, 0.05) is 6.54 Å². The molecule has 0 aromatic carbocycles. The first-order valence-corrected chi connectivity index (χ1v) is 4.88. The molecule has 3 nitrogen and oxygen atoms in total. The maximum atomic E-state index is 11.1. The van der Waals surface area contributed by atoms with Gasteiger partial charge >= 0.3 is 5.97 Å². The van der Waals surface area contributed by atoms with E-state index in [1.807, 2.05) is 14.0 Å². The summed E-state index contributed by atoms with van der Waals surface area (Å²) in [7, 11) is 3.47. The summed E-state index contributed by atoms with van der Waals surface area (Å²) in [6.45, 7) is 5.90. The van der Waals surface area contributed by atoms with E-state index in [9.17, 15) is 4.79 Å². The third kappa shape index (κ3) is 5.64. The summed E-state index contributed by atoms with van der Waals surface area (Å²) in [5.41, 5.74) is 0. The van der Waals surface area contributed by atoms with E-state index in [0.717, 1.165) is 13.1 Å². The van der Waals surface area contributed by atoms with Crippen LogP contribution in [0.25, 0.3) is 0 Å². The topological polar surface area (TPSA) is 29.5 Å². The number of rotatable bonds is 6. The Morgan fingerprint density at radius 2 is 2.15 bits per heavy atom. The fraction of sp³-hybridized carbons (Fsp3) is 0.900.